The van der Waals surface area contributed by atoms with Crippen molar-refractivity contribution in [3.05, 3.63) is 12.7 Å². The first-order valence-electron chi connectivity index (χ1n) is 7.40. The molecule has 1 heterocycles. The van der Waals surface area contributed by atoms with E-state index in [0.717, 1.165) is 0 Å². The van der Waals surface area contributed by atoms with Gasteiger partial charge in [-0.3, -0.25) is 14.4 Å². The molecule has 0 aliphatic carbocycles. The molecule has 2 atom stereocenters. The van der Waals surface area contributed by atoms with E-state index in [1.807, 2.05) is 13.8 Å². The van der Waals surface area contributed by atoms with E-state index >= 15 is 0 Å². The molecule has 1 aliphatic heterocycles. The van der Waals surface area contributed by atoms with Gasteiger partial charge in [-0.15, -0.1) is 0 Å². The number of carbonyl (C=O) groups excluding carboxylic acids is 3. The van der Waals surface area contributed by atoms with Gasteiger partial charge in [0.1, 0.15) is 6.04 Å². The monoisotopic (exact) mass is 296 g/mol. The minimum absolute atomic E-state index is 0.00444. The molecule has 118 valence electrons. The summed E-state index contributed by atoms with van der Waals surface area (Å²) in [6, 6.07) is -0.331. The Morgan fingerprint density at radius 3 is 2.67 bits per heavy atom. The van der Waals surface area contributed by atoms with Crippen LogP contribution in [0.15, 0.2) is 12.7 Å². The summed E-state index contributed by atoms with van der Waals surface area (Å²) in [4.78, 5) is 37.1. The molecule has 6 nitrogen and oxygen atoms in total. The van der Waals surface area contributed by atoms with Gasteiger partial charge in [0.15, 0.2) is 0 Å². The normalized spacial score (nSPS) is 19.2. The number of amides is 2. The van der Waals surface area contributed by atoms with Gasteiger partial charge in [0.2, 0.25) is 17.6 Å². The molecule has 0 saturated carbocycles. The average molecular weight is 296 g/mol. The van der Waals surface area contributed by atoms with E-state index in [2.05, 4.69) is 17.6 Å². The molecule has 1 saturated heterocycles. The highest BCUT2D eigenvalue weighted by Gasteiger charge is 2.30. The molecular weight excluding hydrogens is 270 g/mol. The summed E-state index contributed by atoms with van der Waals surface area (Å²) in [7, 11) is 0. The number of hydrogen-bond acceptors (Lipinski definition) is 3. The second-order valence-corrected chi connectivity index (χ2v) is 5.99. The van der Waals surface area contributed by atoms with Gasteiger partial charge in [0.25, 0.3) is 0 Å². The van der Waals surface area contributed by atoms with E-state index in [1.165, 1.54) is 11.0 Å². The largest absolute Gasteiger partial charge is 0.356 e. The Bertz CT molecular complexity index is 420. The Morgan fingerprint density at radius 1 is 1.52 bits per heavy atom. The average Bonchev–Trinajstić information content (AvgIpc) is 2.81. The second-order valence-electron chi connectivity index (χ2n) is 5.99. The zero-order valence-electron chi connectivity index (χ0n) is 12.9. The molecule has 2 amide bonds. The summed E-state index contributed by atoms with van der Waals surface area (Å²) in [5.41, 5.74) is 3.87. The Morgan fingerprint density at radius 2 is 2.19 bits per heavy atom. The summed E-state index contributed by atoms with van der Waals surface area (Å²) in [5, 5.41) is 2.73. The number of ketones is 1. The Labute approximate surface area is 125 Å². The molecule has 0 radical (unpaired) electrons. The molecule has 4 N–H and O–H groups in total. The van der Waals surface area contributed by atoms with E-state index in [1.54, 1.807) is 0 Å². The van der Waals surface area contributed by atoms with Crippen molar-refractivity contribution in [1.29, 1.82) is 0 Å². The quantitative estimate of drug-likeness (QED) is 0.584. The lowest BCUT2D eigenvalue weighted by Crippen LogP contribution is -2.67. The van der Waals surface area contributed by atoms with E-state index in [-0.39, 0.29) is 42.6 Å². The molecular formula is C15H26N3O3+. The standard InChI is InChI=1S/C15H25N3O3/c1-4-14(20)18(8-11-5-6-17-15(11)21)9-13(19)12(16)7-10(2)3/h4,10-12H,1,5-9,16H2,2-3H3,(H,17,21)/p+1/t11-,12-/m0/s1. The third kappa shape index (κ3) is 5.30. The zero-order chi connectivity index (χ0) is 16.0. The Hall–Kier alpha value is -1.69. The predicted molar refractivity (Wildman–Crippen MR) is 79.0 cm³/mol. The van der Waals surface area contributed by atoms with Gasteiger partial charge in [-0.25, -0.2) is 0 Å². The van der Waals surface area contributed by atoms with Crippen molar-refractivity contribution < 1.29 is 20.1 Å². The summed E-state index contributed by atoms with van der Waals surface area (Å²) in [6.45, 7) is 8.39. The molecule has 0 aromatic carbocycles. The molecule has 1 aliphatic rings. The van der Waals surface area contributed by atoms with Crippen LogP contribution >= 0.6 is 0 Å². The minimum atomic E-state index is -0.331. The highest BCUT2D eigenvalue weighted by molar-refractivity contribution is 5.93. The van der Waals surface area contributed by atoms with Crippen LogP contribution in [0, 0.1) is 11.8 Å². The van der Waals surface area contributed by atoms with Crippen molar-refractivity contribution in [2.24, 2.45) is 11.8 Å². The van der Waals surface area contributed by atoms with Crippen molar-refractivity contribution in [2.45, 2.75) is 32.7 Å². The fourth-order valence-electron chi connectivity index (χ4n) is 2.46. The van der Waals surface area contributed by atoms with Crippen molar-refractivity contribution in [2.75, 3.05) is 19.6 Å². The first-order valence-corrected chi connectivity index (χ1v) is 7.40. The molecule has 0 aromatic rings. The fraction of sp³-hybridized carbons (Fsp3) is 0.667. The molecule has 0 unspecified atom stereocenters. The van der Waals surface area contributed by atoms with Gasteiger partial charge in [0, 0.05) is 19.5 Å². The van der Waals surface area contributed by atoms with Crippen LogP contribution < -0.4 is 11.1 Å². The first kappa shape index (κ1) is 17.4. The lowest BCUT2D eigenvalue weighted by Gasteiger charge is -2.23. The maximum atomic E-state index is 12.2. The molecule has 21 heavy (non-hydrogen) atoms. The van der Waals surface area contributed by atoms with Crippen LogP contribution in [0.3, 0.4) is 0 Å². The van der Waals surface area contributed by atoms with Crippen LogP contribution in [-0.4, -0.2) is 48.2 Å². The number of hydrogen-bond donors (Lipinski definition) is 2. The second kappa shape index (κ2) is 7.93. The maximum Gasteiger partial charge on any atom is 0.246 e. The van der Waals surface area contributed by atoms with Crippen LogP contribution in [0.25, 0.3) is 0 Å². The number of rotatable bonds is 8. The lowest BCUT2D eigenvalue weighted by molar-refractivity contribution is -0.406. The SMILES string of the molecule is C=CC(=O)N(CC(=O)[C@@H]([NH3+])CC(C)C)C[C@@H]1CCNC1=O. The third-order valence-electron chi connectivity index (χ3n) is 3.65. The van der Waals surface area contributed by atoms with Gasteiger partial charge < -0.3 is 16.0 Å². The van der Waals surface area contributed by atoms with Crippen molar-refractivity contribution in [1.82, 2.24) is 10.2 Å². The van der Waals surface area contributed by atoms with Gasteiger partial charge in [-0.2, -0.15) is 0 Å². The molecule has 0 aromatic heterocycles. The number of carbonyl (C=O) groups is 3. The van der Waals surface area contributed by atoms with Crippen molar-refractivity contribution in [3.63, 3.8) is 0 Å². The van der Waals surface area contributed by atoms with Crippen LogP contribution in [0.5, 0.6) is 0 Å². The zero-order valence-corrected chi connectivity index (χ0v) is 12.9. The topological polar surface area (TPSA) is 94.1 Å². The van der Waals surface area contributed by atoms with Crippen LogP contribution in [0.2, 0.25) is 0 Å². The summed E-state index contributed by atoms with van der Waals surface area (Å²) >= 11 is 0. The van der Waals surface area contributed by atoms with E-state index in [9.17, 15) is 14.4 Å². The van der Waals surface area contributed by atoms with Crippen LogP contribution in [-0.2, 0) is 14.4 Å². The van der Waals surface area contributed by atoms with Crippen LogP contribution in [0.4, 0.5) is 0 Å². The van der Waals surface area contributed by atoms with Crippen molar-refractivity contribution in [3.8, 4) is 0 Å². The summed E-state index contributed by atoms with van der Waals surface area (Å²) in [6.07, 6.45) is 2.56. The van der Waals surface area contributed by atoms with E-state index in [4.69, 9.17) is 0 Å². The van der Waals surface area contributed by atoms with Gasteiger partial charge in [-0.1, -0.05) is 20.4 Å². The third-order valence-corrected chi connectivity index (χ3v) is 3.65. The van der Waals surface area contributed by atoms with E-state index < -0.39 is 0 Å². The highest BCUT2D eigenvalue weighted by Crippen LogP contribution is 2.12. The minimum Gasteiger partial charge on any atom is -0.356 e. The van der Waals surface area contributed by atoms with Crippen molar-refractivity contribution >= 4 is 17.6 Å². The Kier molecular flexibility index (Phi) is 6.55. The first-order chi connectivity index (χ1) is 9.85. The van der Waals surface area contributed by atoms with Gasteiger partial charge in [0.05, 0.1) is 12.5 Å². The Balaban J connectivity index is 2.65. The highest BCUT2D eigenvalue weighted by atomic mass is 16.2. The molecule has 6 heteroatoms. The van der Waals surface area contributed by atoms with Crippen LogP contribution in [0.1, 0.15) is 26.7 Å². The molecule has 1 fully saturated rings. The predicted octanol–water partition coefficient (Wildman–Crippen LogP) is -0.637. The number of Topliss-reactive ketones (excluding diaryl/α,β-unsaturated/α-hetero) is 1. The molecule has 0 bridgehead atoms. The fourth-order valence-corrected chi connectivity index (χ4v) is 2.46. The van der Waals surface area contributed by atoms with Gasteiger partial charge in [-0.05, 0) is 18.4 Å². The summed E-state index contributed by atoms with van der Waals surface area (Å²) in [5.74, 6) is -0.314. The maximum absolute atomic E-state index is 12.2. The number of nitrogens with one attached hydrogen (secondary N) is 1. The summed E-state index contributed by atoms with van der Waals surface area (Å²) < 4.78 is 0. The smallest absolute Gasteiger partial charge is 0.246 e. The van der Waals surface area contributed by atoms with Gasteiger partial charge >= 0.3 is 0 Å². The number of nitrogens with zero attached hydrogens (tertiary/aromatic N) is 1. The number of quaternary nitrogens is 1. The molecule has 1 rings (SSSR count). The lowest BCUT2D eigenvalue weighted by atomic mass is 10.0. The molecule has 0 spiro atoms. The van der Waals surface area contributed by atoms with E-state index in [0.29, 0.717) is 25.3 Å².